The highest BCUT2D eigenvalue weighted by molar-refractivity contribution is 7.25. The topological polar surface area (TPSA) is 37.3 Å². The van der Waals surface area contributed by atoms with Crippen molar-refractivity contribution in [3.05, 3.63) is 50.6 Å². The molecular formula is C13H6Cl2O2S. The standard InChI is InChI=1S/C13H6Cl2O2S/c14-7-5-8(16)13-10(11(7)15)12(17)6-3-1-2-4-9(6)18-13/h1-5,16H. The van der Waals surface area contributed by atoms with Crippen molar-refractivity contribution in [2.24, 2.45) is 0 Å². The second kappa shape index (κ2) is 4.12. The first kappa shape index (κ1) is 11.8. The highest BCUT2D eigenvalue weighted by atomic mass is 35.5. The Labute approximate surface area is 116 Å². The van der Waals surface area contributed by atoms with E-state index in [1.165, 1.54) is 17.4 Å². The van der Waals surface area contributed by atoms with Crippen LogP contribution in [0.1, 0.15) is 0 Å². The van der Waals surface area contributed by atoms with Crippen LogP contribution in [0.15, 0.2) is 35.1 Å². The van der Waals surface area contributed by atoms with Gasteiger partial charge in [0.25, 0.3) is 0 Å². The van der Waals surface area contributed by atoms with E-state index in [0.29, 0.717) is 10.1 Å². The van der Waals surface area contributed by atoms with Gasteiger partial charge in [0, 0.05) is 16.2 Å². The number of fused-ring (bicyclic) bond motifs is 2. The van der Waals surface area contributed by atoms with Crippen molar-refractivity contribution < 1.29 is 5.11 Å². The lowest BCUT2D eigenvalue weighted by Crippen LogP contribution is -2.01. The number of hydrogen-bond donors (Lipinski definition) is 1. The van der Waals surface area contributed by atoms with Gasteiger partial charge in [0.2, 0.25) is 0 Å². The van der Waals surface area contributed by atoms with Gasteiger partial charge in [0.15, 0.2) is 5.43 Å². The summed E-state index contributed by atoms with van der Waals surface area (Å²) in [6, 6.07) is 8.57. The smallest absolute Gasteiger partial charge is 0.197 e. The van der Waals surface area contributed by atoms with Gasteiger partial charge in [-0.2, -0.15) is 0 Å². The van der Waals surface area contributed by atoms with Crippen LogP contribution < -0.4 is 5.43 Å². The number of aromatic hydroxyl groups is 1. The van der Waals surface area contributed by atoms with Gasteiger partial charge in [-0.05, 0) is 12.1 Å². The summed E-state index contributed by atoms with van der Waals surface area (Å²) in [7, 11) is 0. The molecule has 3 aromatic rings. The number of benzene rings is 2. The van der Waals surface area contributed by atoms with Crippen LogP contribution >= 0.6 is 34.5 Å². The zero-order chi connectivity index (χ0) is 12.9. The predicted octanol–water partition coefficient (Wildman–Crippen LogP) is 4.43. The molecule has 0 saturated heterocycles. The summed E-state index contributed by atoms with van der Waals surface area (Å²) in [5.74, 6) is -0.0211. The number of phenolic OH excluding ortho intramolecular Hbond substituents is 1. The molecule has 5 heteroatoms. The van der Waals surface area contributed by atoms with E-state index in [9.17, 15) is 9.90 Å². The number of halogens is 2. The van der Waals surface area contributed by atoms with Gasteiger partial charge >= 0.3 is 0 Å². The maximum Gasteiger partial charge on any atom is 0.197 e. The Morgan fingerprint density at radius 1 is 1.17 bits per heavy atom. The molecule has 1 heterocycles. The molecule has 0 aliphatic rings. The average Bonchev–Trinajstić information content (AvgIpc) is 2.36. The number of phenols is 1. The zero-order valence-electron chi connectivity index (χ0n) is 8.91. The first-order valence-corrected chi connectivity index (χ1v) is 6.69. The SMILES string of the molecule is O=c1c2ccccc2sc2c(O)cc(Cl)c(Cl)c12. The van der Waals surface area contributed by atoms with Gasteiger partial charge < -0.3 is 5.11 Å². The van der Waals surface area contributed by atoms with Crippen LogP contribution in [0.25, 0.3) is 20.2 Å². The van der Waals surface area contributed by atoms with Crippen molar-refractivity contribution in [1.29, 1.82) is 0 Å². The molecule has 1 aromatic heterocycles. The quantitative estimate of drug-likeness (QED) is 0.623. The summed E-state index contributed by atoms with van der Waals surface area (Å²) in [6.45, 7) is 0. The predicted molar refractivity (Wildman–Crippen MR) is 77.3 cm³/mol. The largest absolute Gasteiger partial charge is 0.506 e. The molecule has 0 amide bonds. The normalized spacial score (nSPS) is 11.2. The van der Waals surface area contributed by atoms with E-state index >= 15 is 0 Å². The fourth-order valence-corrected chi connectivity index (χ4v) is 3.48. The molecule has 0 unspecified atom stereocenters. The third kappa shape index (κ3) is 1.59. The molecule has 90 valence electrons. The van der Waals surface area contributed by atoms with Gasteiger partial charge in [-0.3, -0.25) is 4.79 Å². The van der Waals surface area contributed by atoms with Crippen LogP contribution in [-0.4, -0.2) is 5.11 Å². The Balaban J connectivity index is 2.69. The Hall–Kier alpha value is -1.29. The molecular weight excluding hydrogens is 291 g/mol. The molecule has 18 heavy (non-hydrogen) atoms. The van der Waals surface area contributed by atoms with Crippen LogP contribution in [0.3, 0.4) is 0 Å². The van der Waals surface area contributed by atoms with Crippen molar-refractivity contribution in [3.63, 3.8) is 0 Å². The molecule has 3 rings (SSSR count). The molecule has 0 radical (unpaired) electrons. The van der Waals surface area contributed by atoms with E-state index in [1.807, 2.05) is 12.1 Å². The van der Waals surface area contributed by atoms with Gasteiger partial charge in [-0.25, -0.2) is 0 Å². The lowest BCUT2D eigenvalue weighted by Gasteiger charge is -2.06. The Kier molecular flexibility index (Phi) is 2.70. The minimum absolute atomic E-state index is 0.0211. The summed E-state index contributed by atoms with van der Waals surface area (Å²) < 4.78 is 1.27. The fraction of sp³-hybridized carbons (Fsp3) is 0. The Bertz CT molecular complexity index is 840. The van der Waals surface area contributed by atoms with Crippen LogP contribution in [0.2, 0.25) is 10.0 Å². The maximum atomic E-state index is 12.4. The van der Waals surface area contributed by atoms with Gasteiger partial charge in [0.1, 0.15) is 5.75 Å². The third-order valence-electron chi connectivity index (χ3n) is 2.72. The monoisotopic (exact) mass is 296 g/mol. The molecule has 0 atom stereocenters. The molecule has 2 nitrogen and oxygen atoms in total. The van der Waals surface area contributed by atoms with Crippen LogP contribution in [0.5, 0.6) is 5.75 Å². The Morgan fingerprint density at radius 2 is 1.89 bits per heavy atom. The summed E-state index contributed by atoms with van der Waals surface area (Å²) in [5.41, 5.74) is -0.206. The number of rotatable bonds is 0. The maximum absolute atomic E-state index is 12.4. The molecule has 0 aliphatic heterocycles. The molecule has 0 fully saturated rings. The fourth-order valence-electron chi connectivity index (χ4n) is 1.89. The van der Waals surface area contributed by atoms with Crippen molar-refractivity contribution in [3.8, 4) is 5.75 Å². The van der Waals surface area contributed by atoms with E-state index in [-0.39, 0.29) is 26.6 Å². The first-order valence-electron chi connectivity index (χ1n) is 5.12. The van der Waals surface area contributed by atoms with Crippen molar-refractivity contribution in [2.45, 2.75) is 0 Å². The van der Waals surface area contributed by atoms with Crippen molar-refractivity contribution in [2.75, 3.05) is 0 Å². The molecule has 0 aliphatic carbocycles. The second-order valence-electron chi connectivity index (χ2n) is 3.82. The highest BCUT2D eigenvalue weighted by Crippen LogP contribution is 2.39. The third-order valence-corrected chi connectivity index (χ3v) is 4.70. The summed E-state index contributed by atoms with van der Waals surface area (Å²) in [5, 5.41) is 11.1. The summed E-state index contributed by atoms with van der Waals surface area (Å²) in [6.07, 6.45) is 0. The zero-order valence-corrected chi connectivity index (χ0v) is 11.2. The van der Waals surface area contributed by atoms with E-state index in [4.69, 9.17) is 23.2 Å². The molecule has 0 spiro atoms. The van der Waals surface area contributed by atoms with Crippen molar-refractivity contribution >= 4 is 54.7 Å². The van der Waals surface area contributed by atoms with Gasteiger partial charge in [-0.1, -0.05) is 35.3 Å². The lowest BCUT2D eigenvalue weighted by atomic mass is 10.2. The molecule has 0 saturated carbocycles. The molecule has 0 bridgehead atoms. The van der Waals surface area contributed by atoms with Crippen LogP contribution in [0.4, 0.5) is 0 Å². The lowest BCUT2D eigenvalue weighted by molar-refractivity contribution is 0.482. The van der Waals surface area contributed by atoms with Crippen LogP contribution in [-0.2, 0) is 0 Å². The Morgan fingerprint density at radius 3 is 2.67 bits per heavy atom. The second-order valence-corrected chi connectivity index (χ2v) is 5.66. The van der Waals surface area contributed by atoms with E-state index in [0.717, 1.165) is 4.70 Å². The first-order chi connectivity index (χ1) is 8.59. The summed E-state index contributed by atoms with van der Waals surface area (Å²) in [4.78, 5) is 12.4. The minimum atomic E-state index is -0.206. The minimum Gasteiger partial charge on any atom is -0.506 e. The number of hydrogen-bond acceptors (Lipinski definition) is 3. The van der Waals surface area contributed by atoms with Crippen molar-refractivity contribution in [1.82, 2.24) is 0 Å². The molecule has 1 N–H and O–H groups in total. The van der Waals surface area contributed by atoms with E-state index in [2.05, 4.69) is 0 Å². The van der Waals surface area contributed by atoms with Crippen LogP contribution in [0, 0.1) is 0 Å². The molecule has 2 aromatic carbocycles. The van der Waals surface area contributed by atoms with Gasteiger partial charge in [0.05, 0.1) is 20.1 Å². The van der Waals surface area contributed by atoms with Gasteiger partial charge in [-0.15, -0.1) is 11.3 Å². The van der Waals surface area contributed by atoms with E-state index < -0.39 is 0 Å². The highest BCUT2D eigenvalue weighted by Gasteiger charge is 2.15. The average molecular weight is 297 g/mol. The van der Waals surface area contributed by atoms with E-state index in [1.54, 1.807) is 12.1 Å². The summed E-state index contributed by atoms with van der Waals surface area (Å²) >= 11 is 13.3.